The highest BCUT2D eigenvalue weighted by Crippen LogP contribution is 2.31. The molecule has 5 heteroatoms. The SMILES string of the molecule is Cc1cc(Cl)cc(-c2nc(Cl)c3cc(C)cc(Br)c3n2)c1. The fourth-order valence-corrected chi connectivity index (χ4v) is 3.46. The Balaban J connectivity index is 2.30. The quantitative estimate of drug-likeness (QED) is 0.484. The minimum atomic E-state index is 0.442. The summed E-state index contributed by atoms with van der Waals surface area (Å²) in [5.41, 5.74) is 3.82. The van der Waals surface area contributed by atoms with E-state index in [2.05, 4.69) is 25.9 Å². The zero-order chi connectivity index (χ0) is 15.1. The van der Waals surface area contributed by atoms with E-state index in [4.69, 9.17) is 23.2 Å². The van der Waals surface area contributed by atoms with E-state index in [-0.39, 0.29) is 0 Å². The molecule has 0 fully saturated rings. The summed E-state index contributed by atoms with van der Waals surface area (Å²) >= 11 is 16.0. The van der Waals surface area contributed by atoms with Crippen LogP contribution in [-0.2, 0) is 0 Å². The summed E-state index contributed by atoms with van der Waals surface area (Å²) in [7, 11) is 0. The second kappa shape index (κ2) is 5.56. The molecule has 0 saturated carbocycles. The second-order valence-corrected chi connectivity index (χ2v) is 6.65. The first-order chi connectivity index (χ1) is 9.94. The lowest BCUT2D eigenvalue weighted by Gasteiger charge is -2.08. The van der Waals surface area contributed by atoms with Gasteiger partial charge in [0.15, 0.2) is 5.82 Å². The van der Waals surface area contributed by atoms with E-state index in [1.807, 2.05) is 44.2 Å². The summed E-state index contributed by atoms with van der Waals surface area (Å²) in [5.74, 6) is 0.572. The number of benzene rings is 2. The van der Waals surface area contributed by atoms with Gasteiger partial charge in [0, 0.05) is 20.4 Å². The molecule has 0 radical (unpaired) electrons. The fraction of sp³-hybridized carbons (Fsp3) is 0.125. The average molecular weight is 382 g/mol. The van der Waals surface area contributed by atoms with Crippen molar-refractivity contribution in [3.8, 4) is 11.4 Å². The zero-order valence-electron chi connectivity index (χ0n) is 11.4. The van der Waals surface area contributed by atoms with E-state index in [0.717, 1.165) is 32.1 Å². The van der Waals surface area contributed by atoms with Gasteiger partial charge in [-0.15, -0.1) is 0 Å². The molecule has 0 N–H and O–H groups in total. The van der Waals surface area contributed by atoms with E-state index in [9.17, 15) is 0 Å². The summed E-state index contributed by atoms with van der Waals surface area (Å²) < 4.78 is 0.904. The number of fused-ring (bicyclic) bond motifs is 1. The molecule has 3 aromatic rings. The first-order valence-corrected chi connectivity index (χ1v) is 7.90. The third-order valence-corrected chi connectivity index (χ3v) is 4.26. The predicted molar refractivity (Wildman–Crippen MR) is 92.2 cm³/mol. The molecule has 0 aliphatic carbocycles. The van der Waals surface area contributed by atoms with Crippen molar-refractivity contribution in [2.75, 3.05) is 0 Å². The second-order valence-electron chi connectivity index (χ2n) is 5.00. The highest BCUT2D eigenvalue weighted by atomic mass is 79.9. The molecule has 1 aromatic heterocycles. The smallest absolute Gasteiger partial charge is 0.161 e. The molecule has 106 valence electrons. The van der Waals surface area contributed by atoms with Gasteiger partial charge in [-0.05, 0) is 71.2 Å². The van der Waals surface area contributed by atoms with Crippen LogP contribution in [-0.4, -0.2) is 9.97 Å². The minimum Gasteiger partial charge on any atom is -0.227 e. The Labute approximate surface area is 141 Å². The molecule has 3 rings (SSSR count). The van der Waals surface area contributed by atoms with E-state index in [0.29, 0.717) is 16.0 Å². The molecule has 0 aliphatic rings. The lowest BCUT2D eigenvalue weighted by atomic mass is 10.1. The Morgan fingerprint density at radius 3 is 2.33 bits per heavy atom. The molecule has 0 unspecified atom stereocenters. The highest BCUT2D eigenvalue weighted by molar-refractivity contribution is 9.10. The largest absolute Gasteiger partial charge is 0.227 e. The van der Waals surface area contributed by atoms with Gasteiger partial charge >= 0.3 is 0 Å². The van der Waals surface area contributed by atoms with Crippen LogP contribution >= 0.6 is 39.1 Å². The first kappa shape index (κ1) is 14.8. The van der Waals surface area contributed by atoms with Crippen molar-refractivity contribution in [1.29, 1.82) is 0 Å². The summed E-state index contributed by atoms with van der Waals surface area (Å²) in [6, 6.07) is 9.72. The van der Waals surface area contributed by atoms with Crippen LogP contribution in [0.4, 0.5) is 0 Å². The van der Waals surface area contributed by atoms with E-state index in [1.165, 1.54) is 0 Å². The molecule has 0 spiro atoms. The van der Waals surface area contributed by atoms with Crippen molar-refractivity contribution in [3.05, 3.63) is 56.1 Å². The molecule has 0 saturated heterocycles. The molecule has 0 aliphatic heterocycles. The maximum atomic E-state index is 6.33. The molecular formula is C16H11BrCl2N2. The maximum absolute atomic E-state index is 6.33. The van der Waals surface area contributed by atoms with Gasteiger partial charge in [0.1, 0.15) is 5.15 Å². The summed E-state index contributed by atoms with van der Waals surface area (Å²) in [6.45, 7) is 3.99. The average Bonchev–Trinajstić information content (AvgIpc) is 2.38. The Bertz CT molecular complexity index is 842. The molecule has 0 amide bonds. The van der Waals surface area contributed by atoms with Crippen LogP contribution in [0.25, 0.3) is 22.3 Å². The molecule has 0 bridgehead atoms. The summed E-state index contributed by atoms with van der Waals surface area (Å²) in [6.07, 6.45) is 0. The van der Waals surface area contributed by atoms with Crippen LogP contribution in [0.1, 0.15) is 11.1 Å². The van der Waals surface area contributed by atoms with Crippen molar-refractivity contribution in [1.82, 2.24) is 9.97 Å². The normalized spacial score (nSPS) is 11.1. The number of hydrogen-bond acceptors (Lipinski definition) is 2. The third-order valence-electron chi connectivity index (χ3n) is 3.15. The van der Waals surface area contributed by atoms with Crippen LogP contribution in [0.3, 0.4) is 0 Å². The van der Waals surface area contributed by atoms with Crippen molar-refractivity contribution in [3.63, 3.8) is 0 Å². The van der Waals surface area contributed by atoms with Crippen molar-refractivity contribution < 1.29 is 0 Å². The van der Waals surface area contributed by atoms with Gasteiger partial charge in [-0.25, -0.2) is 9.97 Å². The van der Waals surface area contributed by atoms with Gasteiger partial charge in [-0.1, -0.05) is 23.2 Å². The number of halogens is 3. The Morgan fingerprint density at radius 1 is 0.905 bits per heavy atom. The van der Waals surface area contributed by atoms with Gasteiger partial charge < -0.3 is 0 Å². The maximum Gasteiger partial charge on any atom is 0.161 e. The van der Waals surface area contributed by atoms with Crippen molar-refractivity contribution in [2.24, 2.45) is 0 Å². The van der Waals surface area contributed by atoms with E-state index in [1.54, 1.807) is 0 Å². The summed E-state index contributed by atoms with van der Waals surface area (Å²) in [5, 5.41) is 1.94. The number of aromatic nitrogens is 2. The van der Waals surface area contributed by atoms with Crippen LogP contribution < -0.4 is 0 Å². The zero-order valence-corrected chi connectivity index (χ0v) is 14.5. The van der Waals surface area contributed by atoms with Crippen molar-refractivity contribution in [2.45, 2.75) is 13.8 Å². The topological polar surface area (TPSA) is 25.8 Å². The number of nitrogens with zero attached hydrogens (tertiary/aromatic N) is 2. The van der Waals surface area contributed by atoms with Crippen LogP contribution in [0.15, 0.2) is 34.8 Å². The van der Waals surface area contributed by atoms with Gasteiger partial charge in [0.05, 0.1) is 5.52 Å². The molecule has 0 atom stereocenters. The third kappa shape index (κ3) is 2.91. The van der Waals surface area contributed by atoms with Gasteiger partial charge in [0.2, 0.25) is 0 Å². The highest BCUT2D eigenvalue weighted by Gasteiger charge is 2.12. The minimum absolute atomic E-state index is 0.442. The first-order valence-electron chi connectivity index (χ1n) is 6.35. The molecule has 2 nitrogen and oxygen atoms in total. The number of rotatable bonds is 1. The lowest BCUT2D eigenvalue weighted by Crippen LogP contribution is -1.94. The Morgan fingerprint density at radius 2 is 1.62 bits per heavy atom. The predicted octanol–water partition coefficient (Wildman–Crippen LogP) is 5.98. The molecule has 1 heterocycles. The van der Waals surface area contributed by atoms with E-state index >= 15 is 0 Å². The van der Waals surface area contributed by atoms with Crippen LogP contribution in [0.5, 0.6) is 0 Å². The number of aryl methyl sites for hydroxylation is 2. The lowest BCUT2D eigenvalue weighted by molar-refractivity contribution is 1.22. The van der Waals surface area contributed by atoms with Crippen molar-refractivity contribution >= 4 is 50.0 Å². The summed E-state index contributed by atoms with van der Waals surface area (Å²) in [4.78, 5) is 9.04. The molecule has 21 heavy (non-hydrogen) atoms. The Hall–Kier alpha value is -1.16. The standard InChI is InChI=1S/C16H11BrCl2N2/c1-8-3-10(7-11(18)4-8)16-20-14-12(15(19)21-16)5-9(2)6-13(14)17/h3-7H,1-2H3. The molecule has 2 aromatic carbocycles. The van der Waals surface area contributed by atoms with Gasteiger partial charge in [0.25, 0.3) is 0 Å². The van der Waals surface area contributed by atoms with E-state index < -0.39 is 0 Å². The fourth-order valence-electron chi connectivity index (χ4n) is 2.28. The Kier molecular flexibility index (Phi) is 3.91. The van der Waals surface area contributed by atoms with Crippen LogP contribution in [0, 0.1) is 13.8 Å². The van der Waals surface area contributed by atoms with Gasteiger partial charge in [-0.3, -0.25) is 0 Å². The molecular weight excluding hydrogens is 371 g/mol. The van der Waals surface area contributed by atoms with Gasteiger partial charge in [-0.2, -0.15) is 0 Å². The number of hydrogen-bond donors (Lipinski definition) is 0. The monoisotopic (exact) mass is 380 g/mol. The van der Waals surface area contributed by atoms with Crippen LogP contribution in [0.2, 0.25) is 10.2 Å².